The van der Waals surface area contributed by atoms with Gasteiger partial charge in [0.2, 0.25) is 0 Å². The molecule has 3 nitrogen and oxygen atoms in total. The van der Waals surface area contributed by atoms with Crippen LogP contribution in [0.5, 0.6) is 0 Å². The first-order valence-corrected chi connectivity index (χ1v) is 3.99. The summed E-state index contributed by atoms with van der Waals surface area (Å²) in [5.74, 6) is 0. The molecule has 64 valence electrons. The van der Waals surface area contributed by atoms with E-state index in [1.165, 1.54) is 13.1 Å². The number of oxime groups is 1. The first kappa shape index (κ1) is 8.53. The summed E-state index contributed by atoms with van der Waals surface area (Å²) in [6.45, 7) is 8.58. The minimum atomic E-state index is 0.177. The minimum Gasteiger partial charge on any atom is -0.411 e. The van der Waals surface area contributed by atoms with Crippen LogP contribution < -0.4 is 0 Å². The van der Waals surface area contributed by atoms with E-state index in [1.807, 2.05) is 6.92 Å². The van der Waals surface area contributed by atoms with Crippen LogP contribution in [0.1, 0.15) is 27.2 Å². The van der Waals surface area contributed by atoms with Crippen LogP contribution in [-0.4, -0.2) is 34.4 Å². The van der Waals surface area contributed by atoms with Gasteiger partial charge in [0.05, 0.1) is 5.71 Å². The van der Waals surface area contributed by atoms with Crippen molar-refractivity contribution in [2.24, 2.45) is 5.16 Å². The van der Waals surface area contributed by atoms with E-state index in [1.54, 1.807) is 0 Å². The van der Waals surface area contributed by atoms with E-state index in [2.05, 4.69) is 23.9 Å². The standard InChI is InChI=1S/C8H16N2O/c1-7(9-11)6-8(2,3)10-4-5-10/h11H,4-6H2,1-3H3/b9-7-. The van der Waals surface area contributed by atoms with Gasteiger partial charge in [0.25, 0.3) is 0 Å². The summed E-state index contributed by atoms with van der Waals surface area (Å²) in [4.78, 5) is 2.36. The first-order chi connectivity index (χ1) is 5.06. The summed E-state index contributed by atoms with van der Waals surface area (Å²) in [5.41, 5.74) is 0.984. The highest BCUT2D eigenvalue weighted by Crippen LogP contribution is 2.25. The Bertz CT molecular complexity index is 171. The van der Waals surface area contributed by atoms with E-state index in [9.17, 15) is 0 Å². The summed E-state index contributed by atoms with van der Waals surface area (Å²) >= 11 is 0. The molecular formula is C8H16N2O. The predicted molar refractivity (Wildman–Crippen MR) is 45.2 cm³/mol. The molecule has 0 bridgehead atoms. The van der Waals surface area contributed by atoms with Crippen LogP contribution in [0.15, 0.2) is 5.16 Å². The van der Waals surface area contributed by atoms with Crippen LogP contribution >= 0.6 is 0 Å². The molecule has 0 aromatic carbocycles. The van der Waals surface area contributed by atoms with Crippen LogP contribution in [0, 0.1) is 0 Å². The summed E-state index contributed by atoms with van der Waals surface area (Å²) in [5, 5.41) is 11.6. The maximum Gasteiger partial charge on any atom is 0.0558 e. The lowest BCUT2D eigenvalue weighted by Crippen LogP contribution is -2.32. The molecule has 0 aliphatic carbocycles. The Labute approximate surface area is 67.7 Å². The van der Waals surface area contributed by atoms with Gasteiger partial charge in [-0.15, -0.1) is 0 Å². The fourth-order valence-corrected chi connectivity index (χ4v) is 1.43. The molecule has 0 amide bonds. The van der Waals surface area contributed by atoms with Crippen LogP contribution in [0.4, 0.5) is 0 Å². The molecular weight excluding hydrogens is 140 g/mol. The SMILES string of the molecule is C/C(CC(C)(C)N1CC1)=N/O. The molecule has 0 saturated carbocycles. The van der Waals surface area contributed by atoms with E-state index in [-0.39, 0.29) is 5.54 Å². The van der Waals surface area contributed by atoms with E-state index in [0.29, 0.717) is 0 Å². The Morgan fingerprint density at radius 3 is 2.45 bits per heavy atom. The molecule has 1 rings (SSSR count). The molecule has 0 unspecified atom stereocenters. The summed E-state index contributed by atoms with van der Waals surface area (Å²) in [7, 11) is 0. The van der Waals surface area contributed by atoms with Gasteiger partial charge in [0.1, 0.15) is 0 Å². The zero-order valence-corrected chi connectivity index (χ0v) is 7.46. The number of nitrogens with zero attached hydrogens (tertiary/aromatic N) is 2. The van der Waals surface area contributed by atoms with Crippen LogP contribution in [0.3, 0.4) is 0 Å². The Morgan fingerprint density at radius 1 is 1.55 bits per heavy atom. The normalized spacial score (nSPS) is 20.5. The third-order valence-corrected chi connectivity index (χ3v) is 2.16. The monoisotopic (exact) mass is 156 g/mol. The van der Waals surface area contributed by atoms with Gasteiger partial charge >= 0.3 is 0 Å². The summed E-state index contributed by atoms with van der Waals surface area (Å²) < 4.78 is 0. The van der Waals surface area contributed by atoms with Crippen molar-refractivity contribution in [3.05, 3.63) is 0 Å². The van der Waals surface area contributed by atoms with E-state index in [4.69, 9.17) is 5.21 Å². The summed E-state index contributed by atoms with van der Waals surface area (Å²) in [6, 6.07) is 0. The van der Waals surface area contributed by atoms with Crippen molar-refractivity contribution in [2.45, 2.75) is 32.7 Å². The quantitative estimate of drug-likeness (QED) is 0.289. The highest BCUT2D eigenvalue weighted by atomic mass is 16.4. The van der Waals surface area contributed by atoms with Crippen molar-refractivity contribution in [1.29, 1.82) is 0 Å². The van der Waals surface area contributed by atoms with Crippen molar-refractivity contribution in [1.82, 2.24) is 4.90 Å². The van der Waals surface area contributed by atoms with Crippen molar-refractivity contribution >= 4 is 5.71 Å². The number of hydrogen-bond acceptors (Lipinski definition) is 3. The molecule has 0 radical (unpaired) electrons. The molecule has 0 aromatic rings. The zero-order valence-electron chi connectivity index (χ0n) is 7.46. The van der Waals surface area contributed by atoms with Crippen molar-refractivity contribution in [3.8, 4) is 0 Å². The van der Waals surface area contributed by atoms with E-state index >= 15 is 0 Å². The van der Waals surface area contributed by atoms with Gasteiger partial charge in [-0.05, 0) is 20.8 Å². The smallest absolute Gasteiger partial charge is 0.0558 e. The fraction of sp³-hybridized carbons (Fsp3) is 0.875. The number of hydrogen-bond donors (Lipinski definition) is 1. The summed E-state index contributed by atoms with van der Waals surface area (Å²) in [6.07, 6.45) is 0.851. The third-order valence-electron chi connectivity index (χ3n) is 2.16. The molecule has 0 atom stereocenters. The lowest BCUT2D eigenvalue weighted by atomic mass is 9.98. The third kappa shape index (κ3) is 2.19. The molecule has 11 heavy (non-hydrogen) atoms. The predicted octanol–water partition coefficient (Wildman–Crippen LogP) is 1.32. The largest absolute Gasteiger partial charge is 0.411 e. The van der Waals surface area contributed by atoms with Crippen molar-refractivity contribution in [3.63, 3.8) is 0 Å². The van der Waals surface area contributed by atoms with Gasteiger partial charge in [-0.3, -0.25) is 4.90 Å². The minimum absolute atomic E-state index is 0.177. The molecule has 1 saturated heterocycles. The first-order valence-electron chi connectivity index (χ1n) is 3.99. The molecule has 1 heterocycles. The molecule has 1 aliphatic heterocycles. The Hall–Kier alpha value is -0.570. The van der Waals surface area contributed by atoms with Crippen molar-refractivity contribution in [2.75, 3.05) is 13.1 Å². The second-order valence-electron chi connectivity index (χ2n) is 3.81. The van der Waals surface area contributed by atoms with E-state index in [0.717, 1.165) is 12.1 Å². The maximum absolute atomic E-state index is 8.47. The average molecular weight is 156 g/mol. The van der Waals surface area contributed by atoms with Crippen molar-refractivity contribution < 1.29 is 5.21 Å². The van der Waals surface area contributed by atoms with Crippen LogP contribution in [0.25, 0.3) is 0 Å². The van der Waals surface area contributed by atoms with Crippen LogP contribution in [0.2, 0.25) is 0 Å². The molecule has 0 aromatic heterocycles. The average Bonchev–Trinajstić information content (AvgIpc) is 2.66. The van der Waals surface area contributed by atoms with Gasteiger partial charge in [-0.1, -0.05) is 5.16 Å². The van der Waals surface area contributed by atoms with Gasteiger partial charge in [0.15, 0.2) is 0 Å². The van der Waals surface area contributed by atoms with Crippen LogP contribution in [-0.2, 0) is 0 Å². The van der Waals surface area contributed by atoms with Gasteiger partial charge in [0, 0.05) is 25.0 Å². The molecule has 3 heteroatoms. The molecule has 1 N–H and O–H groups in total. The zero-order chi connectivity index (χ0) is 8.48. The Kier molecular flexibility index (Phi) is 2.18. The lowest BCUT2D eigenvalue weighted by Gasteiger charge is -2.25. The highest BCUT2D eigenvalue weighted by Gasteiger charge is 2.34. The molecule has 1 fully saturated rings. The Morgan fingerprint density at radius 2 is 2.09 bits per heavy atom. The van der Waals surface area contributed by atoms with Gasteiger partial charge in [-0.25, -0.2) is 0 Å². The lowest BCUT2D eigenvalue weighted by molar-refractivity contribution is 0.279. The maximum atomic E-state index is 8.47. The fourth-order valence-electron chi connectivity index (χ4n) is 1.43. The van der Waals surface area contributed by atoms with Gasteiger partial charge < -0.3 is 5.21 Å². The van der Waals surface area contributed by atoms with Gasteiger partial charge in [-0.2, -0.15) is 0 Å². The second-order valence-corrected chi connectivity index (χ2v) is 3.81. The van der Waals surface area contributed by atoms with E-state index < -0.39 is 0 Å². The molecule has 1 aliphatic rings. The topological polar surface area (TPSA) is 35.6 Å². The molecule has 0 spiro atoms. The highest BCUT2D eigenvalue weighted by molar-refractivity contribution is 5.82. The second kappa shape index (κ2) is 2.81. The Balaban J connectivity index is 2.45. The number of rotatable bonds is 3.